The summed E-state index contributed by atoms with van der Waals surface area (Å²) < 4.78 is 10.6. The summed E-state index contributed by atoms with van der Waals surface area (Å²) >= 11 is 0. The van der Waals surface area contributed by atoms with Crippen molar-refractivity contribution in [3.63, 3.8) is 0 Å². The second kappa shape index (κ2) is 13.8. The summed E-state index contributed by atoms with van der Waals surface area (Å²) in [6.07, 6.45) is 2.33. The van der Waals surface area contributed by atoms with Gasteiger partial charge in [-0.15, -0.1) is 24.0 Å². The number of hydrogen-bond donors (Lipinski definition) is 2. The number of unbranched alkanes of at least 4 members (excludes halogenated alkanes) is 1. The fourth-order valence-corrected chi connectivity index (χ4v) is 3.23. The first-order valence-corrected chi connectivity index (χ1v) is 9.84. The number of ether oxygens (including phenoxy) is 2. The maximum Gasteiger partial charge on any atom is 0.195 e. The molecule has 1 saturated heterocycles. The molecule has 1 fully saturated rings. The van der Waals surface area contributed by atoms with Crippen molar-refractivity contribution in [3.05, 3.63) is 18.2 Å². The minimum absolute atomic E-state index is 0. The Labute approximate surface area is 186 Å². The molecule has 0 unspecified atom stereocenters. The van der Waals surface area contributed by atoms with Crippen molar-refractivity contribution in [2.45, 2.75) is 19.8 Å². The Hall–Kier alpha value is -1.26. The van der Waals surface area contributed by atoms with E-state index >= 15 is 0 Å². The summed E-state index contributed by atoms with van der Waals surface area (Å²) in [5.41, 5.74) is 0.912. The summed E-state index contributed by atoms with van der Waals surface area (Å²) in [6.45, 7) is 10.3. The number of rotatable bonds is 9. The molecular formula is C20H36IN5O2. The molecule has 2 rings (SSSR count). The second-order valence-electron chi connectivity index (χ2n) is 6.68. The Morgan fingerprint density at radius 2 is 1.71 bits per heavy atom. The van der Waals surface area contributed by atoms with Crippen molar-refractivity contribution in [3.8, 4) is 11.5 Å². The van der Waals surface area contributed by atoms with Gasteiger partial charge in [0.2, 0.25) is 0 Å². The van der Waals surface area contributed by atoms with E-state index in [1.54, 1.807) is 21.3 Å². The van der Waals surface area contributed by atoms with Crippen LogP contribution in [-0.2, 0) is 0 Å². The van der Waals surface area contributed by atoms with Crippen molar-refractivity contribution in [1.29, 1.82) is 0 Å². The molecule has 1 heterocycles. The van der Waals surface area contributed by atoms with E-state index in [1.165, 1.54) is 45.7 Å². The number of nitrogens with one attached hydrogen (secondary N) is 2. The Bertz CT molecular complexity index is 592. The number of halogens is 1. The van der Waals surface area contributed by atoms with Gasteiger partial charge in [0.15, 0.2) is 17.5 Å². The lowest BCUT2D eigenvalue weighted by atomic mass is 10.2. The molecule has 0 aliphatic carbocycles. The van der Waals surface area contributed by atoms with E-state index in [4.69, 9.17) is 9.47 Å². The highest BCUT2D eigenvalue weighted by atomic mass is 127. The number of methoxy groups -OCH3 is 2. The maximum absolute atomic E-state index is 5.34. The highest BCUT2D eigenvalue weighted by Crippen LogP contribution is 2.29. The molecule has 0 spiro atoms. The average molecular weight is 505 g/mol. The number of likely N-dealkylation sites (N-methyl/N-ethyl adjacent to an activating group) is 1. The van der Waals surface area contributed by atoms with Gasteiger partial charge in [0.1, 0.15) is 0 Å². The Morgan fingerprint density at radius 3 is 2.32 bits per heavy atom. The molecule has 0 amide bonds. The van der Waals surface area contributed by atoms with E-state index in [0.29, 0.717) is 11.5 Å². The van der Waals surface area contributed by atoms with Gasteiger partial charge in [-0.25, -0.2) is 0 Å². The predicted molar refractivity (Wildman–Crippen MR) is 128 cm³/mol. The van der Waals surface area contributed by atoms with Crippen molar-refractivity contribution < 1.29 is 9.47 Å². The number of nitrogens with zero attached hydrogens (tertiary/aromatic N) is 3. The molecule has 1 aliphatic rings. The average Bonchev–Trinajstić information content (AvgIpc) is 2.72. The van der Waals surface area contributed by atoms with Gasteiger partial charge in [-0.05, 0) is 38.1 Å². The molecule has 0 aromatic heterocycles. The van der Waals surface area contributed by atoms with Crippen LogP contribution >= 0.6 is 24.0 Å². The van der Waals surface area contributed by atoms with Crippen LogP contribution in [0.2, 0.25) is 0 Å². The van der Waals surface area contributed by atoms with Crippen LogP contribution in [0.15, 0.2) is 23.2 Å². The van der Waals surface area contributed by atoms with Gasteiger partial charge < -0.3 is 29.9 Å². The third-order valence-corrected chi connectivity index (χ3v) is 4.98. The lowest BCUT2D eigenvalue weighted by Crippen LogP contribution is -2.46. The van der Waals surface area contributed by atoms with Gasteiger partial charge in [-0.1, -0.05) is 6.92 Å². The summed E-state index contributed by atoms with van der Waals surface area (Å²) in [7, 11) is 5.05. The number of piperazine rings is 1. The molecule has 160 valence electrons. The summed E-state index contributed by atoms with van der Waals surface area (Å²) in [5, 5.41) is 6.67. The maximum atomic E-state index is 5.34. The SMILES string of the molecule is CCN1CCN(CCCCNC(=NC)Nc2ccc(OC)c(OC)c2)CC1.I. The number of anilines is 1. The zero-order chi connectivity index (χ0) is 19.5. The number of hydrogen-bond acceptors (Lipinski definition) is 5. The third-order valence-electron chi connectivity index (χ3n) is 4.98. The van der Waals surface area contributed by atoms with Crippen LogP contribution in [0.4, 0.5) is 5.69 Å². The van der Waals surface area contributed by atoms with Crippen LogP contribution in [0.3, 0.4) is 0 Å². The summed E-state index contributed by atoms with van der Waals surface area (Å²) in [5.74, 6) is 2.17. The van der Waals surface area contributed by atoms with Crippen LogP contribution in [0.25, 0.3) is 0 Å². The Balaban J connectivity index is 0.00000392. The van der Waals surface area contributed by atoms with Crippen molar-refractivity contribution in [2.75, 3.05) is 72.4 Å². The highest BCUT2D eigenvalue weighted by molar-refractivity contribution is 14.0. The molecule has 8 heteroatoms. The Kier molecular flexibility index (Phi) is 12.2. The van der Waals surface area contributed by atoms with E-state index in [1.807, 2.05) is 18.2 Å². The zero-order valence-corrected chi connectivity index (χ0v) is 20.0. The van der Waals surface area contributed by atoms with Crippen molar-refractivity contribution in [2.24, 2.45) is 4.99 Å². The van der Waals surface area contributed by atoms with Crippen LogP contribution in [0, 0.1) is 0 Å². The minimum Gasteiger partial charge on any atom is -0.493 e. The number of benzene rings is 1. The predicted octanol–water partition coefficient (Wildman–Crippen LogP) is 2.73. The monoisotopic (exact) mass is 505 g/mol. The molecule has 1 aromatic rings. The molecule has 28 heavy (non-hydrogen) atoms. The lowest BCUT2D eigenvalue weighted by molar-refractivity contribution is 0.136. The molecule has 7 nitrogen and oxygen atoms in total. The van der Waals surface area contributed by atoms with Gasteiger partial charge in [-0.3, -0.25) is 4.99 Å². The highest BCUT2D eigenvalue weighted by Gasteiger charge is 2.14. The van der Waals surface area contributed by atoms with E-state index in [0.717, 1.165) is 24.6 Å². The second-order valence-corrected chi connectivity index (χ2v) is 6.68. The molecule has 0 saturated carbocycles. The normalized spacial score (nSPS) is 15.6. The number of guanidine groups is 1. The molecular weight excluding hydrogens is 469 g/mol. The van der Waals surface area contributed by atoms with Crippen molar-refractivity contribution >= 4 is 35.6 Å². The lowest BCUT2D eigenvalue weighted by Gasteiger charge is -2.34. The molecule has 1 aromatic carbocycles. The van der Waals surface area contributed by atoms with E-state index in [9.17, 15) is 0 Å². The molecule has 0 radical (unpaired) electrons. The van der Waals surface area contributed by atoms with Crippen LogP contribution in [0.1, 0.15) is 19.8 Å². The van der Waals surface area contributed by atoms with E-state index < -0.39 is 0 Å². The zero-order valence-electron chi connectivity index (χ0n) is 17.7. The topological polar surface area (TPSA) is 61.4 Å². The standard InChI is InChI=1S/C20H35N5O2.HI/c1-5-24-12-14-25(15-13-24)11-7-6-10-22-20(21-2)23-17-8-9-18(26-3)19(16-17)27-4;/h8-9,16H,5-7,10-15H2,1-4H3,(H2,21,22,23);1H. The molecule has 0 bridgehead atoms. The third kappa shape index (κ3) is 8.00. The molecule has 1 aliphatic heterocycles. The van der Waals surface area contributed by atoms with E-state index in [-0.39, 0.29) is 24.0 Å². The largest absolute Gasteiger partial charge is 0.493 e. The molecule has 2 N–H and O–H groups in total. The fourth-order valence-electron chi connectivity index (χ4n) is 3.23. The van der Waals surface area contributed by atoms with Gasteiger partial charge in [0.25, 0.3) is 0 Å². The first-order valence-electron chi connectivity index (χ1n) is 9.84. The number of aliphatic imine (C=N–C) groups is 1. The first-order chi connectivity index (χ1) is 13.2. The smallest absolute Gasteiger partial charge is 0.195 e. The fraction of sp³-hybridized carbons (Fsp3) is 0.650. The summed E-state index contributed by atoms with van der Waals surface area (Å²) in [4.78, 5) is 9.38. The van der Waals surface area contributed by atoms with Gasteiger partial charge >= 0.3 is 0 Å². The Morgan fingerprint density at radius 1 is 1.04 bits per heavy atom. The van der Waals surface area contributed by atoms with Gasteiger partial charge in [0, 0.05) is 51.5 Å². The quantitative estimate of drug-likeness (QED) is 0.233. The van der Waals surface area contributed by atoms with Crippen LogP contribution < -0.4 is 20.1 Å². The van der Waals surface area contributed by atoms with E-state index in [2.05, 4.69) is 32.3 Å². The van der Waals surface area contributed by atoms with Crippen LogP contribution in [0.5, 0.6) is 11.5 Å². The van der Waals surface area contributed by atoms with Crippen molar-refractivity contribution in [1.82, 2.24) is 15.1 Å². The van der Waals surface area contributed by atoms with Crippen LogP contribution in [-0.4, -0.2) is 82.8 Å². The summed E-state index contributed by atoms with van der Waals surface area (Å²) in [6, 6.07) is 5.73. The minimum atomic E-state index is 0. The first kappa shape index (κ1) is 24.8. The molecule has 0 atom stereocenters. The van der Waals surface area contributed by atoms with Gasteiger partial charge in [-0.2, -0.15) is 0 Å². The van der Waals surface area contributed by atoms with Gasteiger partial charge in [0.05, 0.1) is 14.2 Å².